The molecule has 0 saturated heterocycles. The Morgan fingerprint density at radius 1 is 2.00 bits per heavy atom. The van der Waals surface area contributed by atoms with Gasteiger partial charge in [0.25, 0.3) is 0 Å². The van der Waals surface area contributed by atoms with Crippen LogP contribution >= 0.6 is 11.8 Å². The van der Waals surface area contributed by atoms with Crippen LogP contribution in [0.1, 0.15) is 0 Å². The molecular formula is C4H7NOS. The lowest BCUT2D eigenvalue weighted by atomic mass is 10.9. The first-order valence-corrected chi connectivity index (χ1v) is 2.76. The topological polar surface area (TPSA) is 43.1 Å². The number of hydrogen-bond donors (Lipinski definition) is 1. The summed E-state index contributed by atoms with van der Waals surface area (Å²) in [5.74, 6) is 0.412. The van der Waals surface area contributed by atoms with Crippen molar-refractivity contribution in [3.05, 3.63) is 11.6 Å². The summed E-state index contributed by atoms with van der Waals surface area (Å²) in [6.07, 6.45) is 0.794. The van der Waals surface area contributed by atoms with Crippen LogP contribution in [0.25, 0.3) is 0 Å². The van der Waals surface area contributed by atoms with Crippen molar-refractivity contribution in [2.24, 2.45) is 5.73 Å². The van der Waals surface area contributed by atoms with Crippen LogP contribution in [0.3, 0.4) is 0 Å². The SMILES string of the molecule is C=C(N)SCC=O. The molecule has 3 heteroatoms. The quantitative estimate of drug-likeness (QED) is 0.542. The highest BCUT2D eigenvalue weighted by molar-refractivity contribution is 8.03. The maximum absolute atomic E-state index is 9.59. The van der Waals surface area contributed by atoms with Gasteiger partial charge in [-0.25, -0.2) is 0 Å². The van der Waals surface area contributed by atoms with Crippen molar-refractivity contribution in [2.75, 3.05) is 5.75 Å². The molecule has 0 heterocycles. The minimum atomic E-state index is 0.412. The van der Waals surface area contributed by atoms with Crippen molar-refractivity contribution in [1.29, 1.82) is 0 Å². The molecule has 0 spiro atoms. The Kier molecular flexibility index (Phi) is 3.50. The van der Waals surface area contributed by atoms with Gasteiger partial charge in [-0.2, -0.15) is 0 Å². The van der Waals surface area contributed by atoms with E-state index in [9.17, 15) is 4.79 Å². The summed E-state index contributed by atoms with van der Waals surface area (Å²) in [4.78, 5) is 9.59. The van der Waals surface area contributed by atoms with Crippen LogP contribution in [0.15, 0.2) is 11.6 Å². The molecule has 0 bridgehead atoms. The van der Waals surface area contributed by atoms with Crippen LogP contribution in [-0.2, 0) is 4.79 Å². The molecule has 2 nitrogen and oxygen atoms in total. The van der Waals surface area contributed by atoms with Crippen molar-refractivity contribution in [2.45, 2.75) is 0 Å². The number of rotatable bonds is 3. The molecule has 0 aliphatic carbocycles. The summed E-state index contributed by atoms with van der Waals surface area (Å²) < 4.78 is 0. The summed E-state index contributed by atoms with van der Waals surface area (Å²) >= 11 is 1.25. The number of hydrogen-bond acceptors (Lipinski definition) is 3. The summed E-state index contributed by atoms with van der Waals surface area (Å²) in [6, 6.07) is 0. The predicted octanol–water partition coefficient (Wildman–Crippen LogP) is 0.348. The second-order valence-electron chi connectivity index (χ2n) is 0.944. The minimum absolute atomic E-state index is 0.412. The summed E-state index contributed by atoms with van der Waals surface area (Å²) in [5, 5.41) is 0.493. The lowest BCUT2D eigenvalue weighted by Crippen LogP contribution is -1.90. The van der Waals surface area contributed by atoms with Gasteiger partial charge in [-0.15, -0.1) is 11.8 Å². The molecule has 0 saturated carbocycles. The van der Waals surface area contributed by atoms with E-state index in [1.54, 1.807) is 0 Å². The molecule has 2 N–H and O–H groups in total. The normalized spacial score (nSPS) is 8.00. The number of carbonyl (C=O) groups is 1. The first kappa shape index (κ1) is 6.56. The van der Waals surface area contributed by atoms with Crippen LogP contribution in [0.4, 0.5) is 0 Å². The van der Waals surface area contributed by atoms with Crippen molar-refractivity contribution < 1.29 is 4.79 Å². The fraction of sp³-hybridized carbons (Fsp3) is 0.250. The number of aldehydes is 1. The average molecular weight is 117 g/mol. The zero-order valence-corrected chi connectivity index (χ0v) is 4.70. The molecule has 0 aromatic heterocycles. The van der Waals surface area contributed by atoms with Crippen LogP contribution in [0.2, 0.25) is 0 Å². The Hall–Kier alpha value is -0.440. The molecule has 0 unspecified atom stereocenters. The van der Waals surface area contributed by atoms with E-state index in [4.69, 9.17) is 5.73 Å². The van der Waals surface area contributed by atoms with E-state index < -0.39 is 0 Å². The molecule has 0 aliphatic rings. The Labute approximate surface area is 46.8 Å². The molecule has 0 rings (SSSR count). The van der Waals surface area contributed by atoms with Crippen LogP contribution in [-0.4, -0.2) is 12.0 Å². The molecule has 0 fully saturated rings. The van der Waals surface area contributed by atoms with E-state index in [0.717, 1.165) is 6.29 Å². The third-order valence-electron chi connectivity index (χ3n) is 0.337. The fourth-order valence-electron chi connectivity index (χ4n) is 0.141. The Balaban J connectivity index is 2.97. The van der Waals surface area contributed by atoms with Gasteiger partial charge in [-0.05, 0) is 0 Å². The van der Waals surface area contributed by atoms with E-state index >= 15 is 0 Å². The highest BCUT2D eigenvalue weighted by Crippen LogP contribution is 2.02. The maximum Gasteiger partial charge on any atom is 0.130 e. The lowest BCUT2D eigenvalue weighted by molar-refractivity contribution is -0.105. The molecule has 7 heavy (non-hydrogen) atoms. The molecule has 40 valence electrons. The first-order chi connectivity index (χ1) is 3.27. The van der Waals surface area contributed by atoms with E-state index in [0.29, 0.717) is 10.8 Å². The van der Waals surface area contributed by atoms with Crippen molar-refractivity contribution in [1.82, 2.24) is 0 Å². The highest BCUT2D eigenvalue weighted by atomic mass is 32.2. The predicted molar refractivity (Wildman–Crippen MR) is 31.8 cm³/mol. The monoisotopic (exact) mass is 117 g/mol. The van der Waals surface area contributed by atoms with Gasteiger partial charge < -0.3 is 10.5 Å². The number of carbonyl (C=O) groups excluding carboxylic acids is 1. The fourth-order valence-corrected chi connectivity index (χ4v) is 0.423. The Morgan fingerprint density at radius 2 is 2.57 bits per heavy atom. The second-order valence-corrected chi connectivity index (χ2v) is 2.09. The third-order valence-corrected chi connectivity index (χ3v) is 1.01. The molecule has 0 atom stereocenters. The summed E-state index contributed by atoms with van der Waals surface area (Å²) in [7, 11) is 0. The van der Waals surface area contributed by atoms with Gasteiger partial charge in [0.05, 0.1) is 10.8 Å². The molecule has 0 amide bonds. The van der Waals surface area contributed by atoms with Gasteiger partial charge in [0, 0.05) is 0 Å². The average Bonchev–Trinajstić information content (AvgIpc) is 1.61. The van der Waals surface area contributed by atoms with Gasteiger partial charge in [-0.3, -0.25) is 0 Å². The minimum Gasteiger partial charge on any atom is -0.394 e. The summed E-state index contributed by atoms with van der Waals surface area (Å²) in [5.41, 5.74) is 5.09. The smallest absolute Gasteiger partial charge is 0.130 e. The molecule has 0 aliphatic heterocycles. The van der Waals surface area contributed by atoms with E-state index in [1.165, 1.54) is 11.8 Å². The lowest BCUT2D eigenvalue weighted by Gasteiger charge is -1.87. The standard InChI is InChI=1S/C4H7NOS/c1-4(5)7-3-2-6/h2H,1,3,5H2. The van der Waals surface area contributed by atoms with Gasteiger partial charge in [0.1, 0.15) is 6.29 Å². The van der Waals surface area contributed by atoms with Crippen LogP contribution in [0.5, 0.6) is 0 Å². The van der Waals surface area contributed by atoms with Crippen LogP contribution in [0, 0.1) is 0 Å². The Morgan fingerprint density at radius 3 is 2.71 bits per heavy atom. The summed E-state index contributed by atoms with van der Waals surface area (Å²) in [6.45, 7) is 3.37. The van der Waals surface area contributed by atoms with Crippen LogP contribution < -0.4 is 5.73 Å². The molecule has 0 radical (unpaired) electrons. The zero-order valence-electron chi connectivity index (χ0n) is 3.89. The van der Waals surface area contributed by atoms with Gasteiger partial charge >= 0.3 is 0 Å². The largest absolute Gasteiger partial charge is 0.394 e. The van der Waals surface area contributed by atoms with E-state index in [2.05, 4.69) is 6.58 Å². The van der Waals surface area contributed by atoms with Gasteiger partial charge in [-0.1, -0.05) is 6.58 Å². The first-order valence-electron chi connectivity index (χ1n) is 1.78. The van der Waals surface area contributed by atoms with Crippen molar-refractivity contribution in [3.8, 4) is 0 Å². The third kappa shape index (κ3) is 5.56. The van der Waals surface area contributed by atoms with Crippen molar-refractivity contribution in [3.63, 3.8) is 0 Å². The number of nitrogens with two attached hydrogens (primary N) is 1. The zero-order chi connectivity index (χ0) is 5.70. The molecular weight excluding hydrogens is 110 g/mol. The number of thioether (sulfide) groups is 1. The van der Waals surface area contributed by atoms with E-state index in [1.807, 2.05) is 0 Å². The second kappa shape index (κ2) is 3.74. The van der Waals surface area contributed by atoms with Crippen molar-refractivity contribution >= 4 is 18.0 Å². The maximum atomic E-state index is 9.59. The van der Waals surface area contributed by atoms with Gasteiger partial charge in [0.2, 0.25) is 0 Å². The molecule has 0 aromatic rings. The van der Waals surface area contributed by atoms with Gasteiger partial charge in [0.15, 0.2) is 0 Å². The van der Waals surface area contributed by atoms with E-state index in [-0.39, 0.29) is 0 Å². The highest BCUT2D eigenvalue weighted by Gasteiger charge is 1.81. The Bertz CT molecular complexity index is 81.8. The molecule has 0 aromatic carbocycles.